The molecule has 1 N–H and O–H groups in total. The van der Waals surface area contributed by atoms with Gasteiger partial charge >= 0.3 is 0 Å². The van der Waals surface area contributed by atoms with E-state index in [-0.39, 0.29) is 0 Å². The van der Waals surface area contributed by atoms with Crippen LogP contribution in [0.3, 0.4) is 0 Å². The summed E-state index contributed by atoms with van der Waals surface area (Å²) >= 11 is 0. The van der Waals surface area contributed by atoms with Crippen molar-refractivity contribution in [1.29, 1.82) is 0 Å². The summed E-state index contributed by atoms with van der Waals surface area (Å²) < 4.78 is 0. The first-order chi connectivity index (χ1) is 5.18. The van der Waals surface area contributed by atoms with E-state index in [1.54, 1.807) is 0 Å². The molecule has 2 heteroatoms. The van der Waals surface area contributed by atoms with Crippen LogP contribution in [0.4, 0.5) is 0 Å². The minimum atomic E-state index is 0.648. The van der Waals surface area contributed by atoms with Crippen molar-refractivity contribution in [2.75, 3.05) is 20.6 Å². The Bertz CT molecular complexity index is 108. The van der Waals surface area contributed by atoms with E-state index in [9.17, 15) is 0 Å². The monoisotopic (exact) mass is 156 g/mol. The van der Waals surface area contributed by atoms with Crippen molar-refractivity contribution >= 4 is 0 Å². The van der Waals surface area contributed by atoms with Gasteiger partial charge in [0.1, 0.15) is 0 Å². The molecule has 0 bridgehead atoms. The Kier molecular flexibility index (Phi) is 3.34. The van der Waals surface area contributed by atoms with Crippen molar-refractivity contribution in [2.45, 2.75) is 38.3 Å². The first kappa shape index (κ1) is 9.01. The molecule has 0 amide bonds. The third-order valence-corrected chi connectivity index (χ3v) is 2.26. The van der Waals surface area contributed by atoms with Crippen molar-refractivity contribution in [3.63, 3.8) is 0 Å². The molecule has 1 aliphatic rings. The molecule has 0 aromatic heterocycles. The topological polar surface area (TPSA) is 15.3 Å². The lowest BCUT2D eigenvalue weighted by Gasteiger charge is -2.31. The second-order valence-corrected chi connectivity index (χ2v) is 3.96. The fourth-order valence-corrected chi connectivity index (χ4v) is 1.58. The van der Waals surface area contributed by atoms with E-state index in [1.807, 2.05) is 0 Å². The molecule has 0 spiro atoms. The maximum absolute atomic E-state index is 3.61. The van der Waals surface area contributed by atoms with Crippen molar-refractivity contribution in [3.05, 3.63) is 0 Å². The lowest BCUT2D eigenvalue weighted by atomic mass is 9.92. The van der Waals surface area contributed by atoms with Crippen molar-refractivity contribution in [2.24, 2.45) is 0 Å². The summed E-state index contributed by atoms with van der Waals surface area (Å²) in [5, 5.41) is 3.61. The van der Waals surface area contributed by atoms with Gasteiger partial charge in [-0.25, -0.2) is 0 Å². The summed E-state index contributed by atoms with van der Waals surface area (Å²) in [5.74, 6) is 0. The zero-order valence-corrected chi connectivity index (χ0v) is 7.93. The first-order valence-corrected chi connectivity index (χ1v) is 4.59. The molecule has 0 aliphatic heterocycles. The molecule has 2 nitrogen and oxygen atoms in total. The smallest absolute Gasteiger partial charge is 0.0169 e. The largest absolute Gasteiger partial charge is 0.310 e. The lowest BCUT2D eigenvalue weighted by Crippen LogP contribution is -2.45. The van der Waals surface area contributed by atoms with E-state index < -0.39 is 0 Å². The Balaban J connectivity index is 2.04. The van der Waals surface area contributed by atoms with Crippen LogP contribution in [-0.2, 0) is 0 Å². The van der Waals surface area contributed by atoms with E-state index in [1.165, 1.54) is 19.3 Å². The number of rotatable bonds is 4. The first-order valence-electron chi connectivity index (χ1n) is 4.59. The summed E-state index contributed by atoms with van der Waals surface area (Å²) in [6.45, 7) is 3.41. The highest BCUT2D eigenvalue weighted by molar-refractivity contribution is 4.79. The molecule has 0 radical (unpaired) electrons. The van der Waals surface area contributed by atoms with E-state index in [0.29, 0.717) is 6.04 Å². The molecule has 11 heavy (non-hydrogen) atoms. The molecule has 66 valence electrons. The molecule has 0 aromatic carbocycles. The van der Waals surface area contributed by atoms with E-state index in [2.05, 4.69) is 31.2 Å². The zero-order valence-electron chi connectivity index (χ0n) is 7.93. The Morgan fingerprint density at radius 2 is 2.09 bits per heavy atom. The van der Waals surface area contributed by atoms with Gasteiger partial charge in [-0.05, 0) is 33.9 Å². The molecule has 1 atom stereocenters. The van der Waals surface area contributed by atoms with Crippen molar-refractivity contribution in [1.82, 2.24) is 10.2 Å². The minimum absolute atomic E-state index is 0.648. The van der Waals surface area contributed by atoms with Crippen LogP contribution < -0.4 is 5.32 Å². The third kappa shape index (κ3) is 3.21. The number of likely N-dealkylation sites (N-methyl/N-ethyl adjacent to an activating group) is 1. The fourth-order valence-electron chi connectivity index (χ4n) is 1.58. The lowest BCUT2D eigenvalue weighted by molar-refractivity contribution is 0.272. The average Bonchev–Trinajstić information content (AvgIpc) is 1.77. The molecule has 0 aromatic rings. The van der Waals surface area contributed by atoms with Crippen LogP contribution in [0.15, 0.2) is 0 Å². The number of nitrogens with one attached hydrogen (secondary N) is 1. The average molecular weight is 156 g/mol. The summed E-state index contributed by atoms with van der Waals surface area (Å²) in [4.78, 5) is 2.23. The predicted octanol–water partition coefficient (Wildman–Crippen LogP) is 1.08. The molecule has 1 fully saturated rings. The van der Waals surface area contributed by atoms with Gasteiger partial charge in [0.05, 0.1) is 0 Å². The van der Waals surface area contributed by atoms with Crippen LogP contribution in [0, 0.1) is 0 Å². The fraction of sp³-hybridized carbons (Fsp3) is 1.00. The van der Waals surface area contributed by atoms with Gasteiger partial charge in [0.25, 0.3) is 0 Å². The molecular weight excluding hydrogens is 136 g/mol. The van der Waals surface area contributed by atoms with Crippen LogP contribution >= 0.6 is 0 Å². The van der Waals surface area contributed by atoms with Gasteiger partial charge in [-0.1, -0.05) is 6.42 Å². The molecular formula is C9H20N2. The number of hydrogen-bond donors (Lipinski definition) is 1. The standard InChI is InChI=1S/C9H20N2/c1-8(7-11(2)3)10-9-5-4-6-9/h8-10H,4-7H2,1-3H3. The highest BCUT2D eigenvalue weighted by Crippen LogP contribution is 2.18. The number of nitrogens with zero attached hydrogens (tertiary/aromatic N) is 1. The maximum Gasteiger partial charge on any atom is 0.0169 e. The molecule has 1 unspecified atom stereocenters. The van der Waals surface area contributed by atoms with Gasteiger partial charge in [0.15, 0.2) is 0 Å². The summed E-state index contributed by atoms with van der Waals surface area (Å²) in [6.07, 6.45) is 4.20. The molecule has 1 saturated carbocycles. The quantitative estimate of drug-likeness (QED) is 0.655. The van der Waals surface area contributed by atoms with Gasteiger partial charge in [0, 0.05) is 18.6 Å². The Hall–Kier alpha value is -0.0800. The molecule has 1 aliphatic carbocycles. The number of hydrogen-bond acceptors (Lipinski definition) is 2. The zero-order chi connectivity index (χ0) is 8.27. The van der Waals surface area contributed by atoms with Crippen LogP contribution in [0.1, 0.15) is 26.2 Å². The van der Waals surface area contributed by atoms with Crippen LogP contribution in [0.5, 0.6) is 0 Å². The van der Waals surface area contributed by atoms with E-state index >= 15 is 0 Å². The van der Waals surface area contributed by atoms with Crippen LogP contribution in [-0.4, -0.2) is 37.6 Å². The summed E-state index contributed by atoms with van der Waals surface area (Å²) in [5.41, 5.74) is 0. The van der Waals surface area contributed by atoms with Crippen molar-refractivity contribution < 1.29 is 0 Å². The third-order valence-electron chi connectivity index (χ3n) is 2.26. The second-order valence-electron chi connectivity index (χ2n) is 3.96. The maximum atomic E-state index is 3.61. The Morgan fingerprint density at radius 3 is 2.45 bits per heavy atom. The highest BCUT2D eigenvalue weighted by atomic mass is 15.1. The summed E-state index contributed by atoms with van der Waals surface area (Å²) in [6, 6.07) is 1.47. The summed E-state index contributed by atoms with van der Waals surface area (Å²) in [7, 11) is 4.25. The second kappa shape index (κ2) is 4.07. The predicted molar refractivity (Wildman–Crippen MR) is 48.8 cm³/mol. The van der Waals surface area contributed by atoms with E-state index in [0.717, 1.165) is 12.6 Å². The molecule has 0 saturated heterocycles. The van der Waals surface area contributed by atoms with Crippen LogP contribution in [0.25, 0.3) is 0 Å². The van der Waals surface area contributed by atoms with E-state index in [4.69, 9.17) is 0 Å². The highest BCUT2D eigenvalue weighted by Gasteiger charge is 2.18. The minimum Gasteiger partial charge on any atom is -0.310 e. The molecule has 0 heterocycles. The van der Waals surface area contributed by atoms with Gasteiger partial charge in [0.2, 0.25) is 0 Å². The van der Waals surface area contributed by atoms with Crippen LogP contribution in [0.2, 0.25) is 0 Å². The van der Waals surface area contributed by atoms with Gasteiger partial charge < -0.3 is 10.2 Å². The van der Waals surface area contributed by atoms with Crippen molar-refractivity contribution in [3.8, 4) is 0 Å². The van der Waals surface area contributed by atoms with Gasteiger partial charge in [-0.2, -0.15) is 0 Å². The Morgan fingerprint density at radius 1 is 1.45 bits per heavy atom. The molecule has 1 rings (SSSR count). The Labute approximate surface area is 70.0 Å². The van der Waals surface area contributed by atoms with Gasteiger partial charge in [-0.15, -0.1) is 0 Å². The SMILES string of the molecule is CC(CN(C)C)NC1CCC1. The normalized spacial score (nSPS) is 21.8. The van der Waals surface area contributed by atoms with Gasteiger partial charge in [-0.3, -0.25) is 0 Å².